The highest BCUT2D eigenvalue weighted by Gasteiger charge is 2.22. The number of hydrogen-bond acceptors (Lipinski definition) is 4. The second-order valence-corrected chi connectivity index (χ2v) is 8.04. The second kappa shape index (κ2) is 7.70. The van der Waals surface area contributed by atoms with Gasteiger partial charge in [-0.3, -0.25) is 18.3 Å². The molecule has 0 amide bonds. The standard InChI is InChI=1S/C23H25N5O3/c1-16-14-28-19-20(24-22(28)27(16)15-18-11-7-13-31-18)25(2)23(30)26(21(19)29)12-6-10-17-8-4-3-5-9-17/h3-6,8-10,14,18H,7,11-13,15H2,1-2H3/b10-6+/t18-/m1/s1. The predicted molar refractivity (Wildman–Crippen MR) is 119 cm³/mol. The van der Waals surface area contributed by atoms with Crippen molar-refractivity contribution < 1.29 is 4.74 Å². The molecule has 0 spiro atoms. The third-order valence-corrected chi connectivity index (χ3v) is 5.95. The molecule has 1 aromatic carbocycles. The first-order valence-electron chi connectivity index (χ1n) is 10.6. The first-order valence-corrected chi connectivity index (χ1v) is 10.6. The van der Waals surface area contributed by atoms with E-state index in [0.717, 1.165) is 30.7 Å². The van der Waals surface area contributed by atoms with Crippen LogP contribution in [0.3, 0.4) is 0 Å². The molecule has 31 heavy (non-hydrogen) atoms. The number of imidazole rings is 2. The number of ether oxygens (including phenoxy) is 1. The number of benzene rings is 1. The average molecular weight is 419 g/mol. The number of aromatic nitrogens is 5. The molecule has 1 aliphatic rings. The van der Waals surface area contributed by atoms with Crippen molar-refractivity contribution in [1.82, 2.24) is 23.1 Å². The van der Waals surface area contributed by atoms with E-state index in [4.69, 9.17) is 4.74 Å². The molecule has 0 saturated carbocycles. The SMILES string of the molecule is Cc1cn2c3c(=O)n(C/C=C/c4ccccc4)c(=O)n(C)c3nc2n1C[C@H]1CCCO1. The maximum absolute atomic E-state index is 13.3. The van der Waals surface area contributed by atoms with Crippen molar-refractivity contribution in [2.45, 2.75) is 39.0 Å². The normalized spacial score (nSPS) is 16.9. The predicted octanol–water partition coefficient (Wildman–Crippen LogP) is 2.35. The Balaban J connectivity index is 1.60. The van der Waals surface area contributed by atoms with Crippen molar-refractivity contribution in [1.29, 1.82) is 0 Å². The Morgan fingerprint density at radius 3 is 2.74 bits per heavy atom. The fourth-order valence-electron chi connectivity index (χ4n) is 4.29. The van der Waals surface area contributed by atoms with E-state index in [9.17, 15) is 9.59 Å². The highest BCUT2D eigenvalue weighted by atomic mass is 16.5. The fourth-order valence-corrected chi connectivity index (χ4v) is 4.29. The van der Waals surface area contributed by atoms with E-state index >= 15 is 0 Å². The van der Waals surface area contributed by atoms with Gasteiger partial charge in [0.2, 0.25) is 5.78 Å². The van der Waals surface area contributed by atoms with Gasteiger partial charge in [-0.1, -0.05) is 42.5 Å². The van der Waals surface area contributed by atoms with E-state index in [1.54, 1.807) is 11.4 Å². The van der Waals surface area contributed by atoms with Gasteiger partial charge in [-0.2, -0.15) is 4.98 Å². The molecule has 1 atom stereocenters. The Hall–Kier alpha value is -3.39. The van der Waals surface area contributed by atoms with Crippen molar-refractivity contribution in [3.63, 3.8) is 0 Å². The van der Waals surface area contributed by atoms with Gasteiger partial charge < -0.3 is 9.30 Å². The monoisotopic (exact) mass is 419 g/mol. The average Bonchev–Trinajstić information content (AvgIpc) is 3.48. The van der Waals surface area contributed by atoms with Crippen LogP contribution in [0.5, 0.6) is 0 Å². The minimum absolute atomic E-state index is 0.151. The summed E-state index contributed by atoms with van der Waals surface area (Å²) in [6.07, 6.45) is 7.88. The third kappa shape index (κ3) is 3.33. The highest BCUT2D eigenvalue weighted by molar-refractivity contribution is 5.75. The first-order chi connectivity index (χ1) is 15.0. The van der Waals surface area contributed by atoms with Gasteiger partial charge in [-0.25, -0.2) is 4.79 Å². The maximum Gasteiger partial charge on any atom is 0.332 e. The van der Waals surface area contributed by atoms with Crippen molar-refractivity contribution in [3.8, 4) is 0 Å². The van der Waals surface area contributed by atoms with Crippen LogP contribution >= 0.6 is 0 Å². The van der Waals surface area contributed by atoms with E-state index in [1.165, 1.54) is 9.13 Å². The molecule has 3 aromatic heterocycles. The quantitative estimate of drug-likeness (QED) is 0.498. The van der Waals surface area contributed by atoms with Crippen LogP contribution in [-0.4, -0.2) is 35.8 Å². The molecule has 0 radical (unpaired) electrons. The van der Waals surface area contributed by atoms with Crippen LogP contribution < -0.4 is 11.2 Å². The molecule has 1 saturated heterocycles. The van der Waals surface area contributed by atoms with Gasteiger partial charge in [-0.15, -0.1) is 0 Å². The van der Waals surface area contributed by atoms with Crippen LogP contribution in [0.1, 0.15) is 24.1 Å². The molecule has 5 rings (SSSR count). The lowest BCUT2D eigenvalue weighted by atomic mass is 10.2. The summed E-state index contributed by atoms with van der Waals surface area (Å²) in [4.78, 5) is 30.9. The van der Waals surface area contributed by atoms with Gasteiger partial charge in [0.1, 0.15) is 0 Å². The summed E-state index contributed by atoms with van der Waals surface area (Å²) in [6.45, 7) is 3.67. The van der Waals surface area contributed by atoms with Crippen LogP contribution in [0.2, 0.25) is 0 Å². The van der Waals surface area contributed by atoms with Crippen LogP contribution in [0.25, 0.3) is 23.0 Å². The number of hydrogen-bond donors (Lipinski definition) is 0. The lowest BCUT2D eigenvalue weighted by molar-refractivity contribution is 0.0974. The number of fused-ring (bicyclic) bond motifs is 3. The molecule has 1 aliphatic heterocycles. The summed E-state index contributed by atoms with van der Waals surface area (Å²) >= 11 is 0. The Morgan fingerprint density at radius 1 is 1.19 bits per heavy atom. The molecular weight excluding hydrogens is 394 g/mol. The number of rotatable bonds is 5. The molecule has 0 unspecified atom stereocenters. The smallest absolute Gasteiger partial charge is 0.332 e. The van der Waals surface area contributed by atoms with E-state index in [2.05, 4.69) is 9.55 Å². The van der Waals surface area contributed by atoms with Crippen molar-refractivity contribution in [2.75, 3.05) is 6.61 Å². The van der Waals surface area contributed by atoms with Gasteiger partial charge in [-0.05, 0) is 25.3 Å². The highest BCUT2D eigenvalue weighted by Crippen LogP contribution is 2.20. The van der Waals surface area contributed by atoms with Crippen molar-refractivity contribution in [3.05, 3.63) is 74.7 Å². The Morgan fingerprint density at radius 2 is 2.00 bits per heavy atom. The zero-order valence-corrected chi connectivity index (χ0v) is 17.7. The van der Waals surface area contributed by atoms with Crippen LogP contribution in [0.4, 0.5) is 0 Å². The largest absolute Gasteiger partial charge is 0.376 e. The third-order valence-electron chi connectivity index (χ3n) is 5.95. The molecule has 1 fully saturated rings. The van der Waals surface area contributed by atoms with Gasteiger partial charge in [0.05, 0.1) is 12.6 Å². The Kier molecular flexibility index (Phi) is 4.86. The minimum Gasteiger partial charge on any atom is -0.376 e. The molecule has 8 nitrogen and oxygen atoms in total. The summed E-state index contributed by atoms with van der Waals surface area (Å²) < 4.78 is 12.4. The van der Waals surface area contributed by atoms with E-state index in [0.29, 0.717) is 23.5 Å². The van der Waals surface area contributed by atoms with Crippen molar-refractivity contribution >= 4 is 23.0 Å². The van der Waals surface area contributed by atoms with Gasteiger partial charge >= 0.3 is 5.69 Å². The molecule has 0 bridgehead atoms. The molecule has 0 aliphatic carbocycles. The van der Waals surface area contributed by atoms with Crippen LogP contribution in [0, 0.1) is 6.92 Å². The molecule has 8 heteroatoms. The molecular formula is C23H25N5O3. The molecule has 160 valence electrons. The zero-order valence-electron chi connectivity index (χ0n) is 17.7. The molecule has 0 N–H and O–H groups in total. The molecule has 4 heterocycles. The maximum atomic E-state index is 13.3. The summed E-state index contributed by atoms with van der Waals surface area (Å²) in [5, 5.41) is 0. The number of nitrogens with zero attached hydrogens (tertiary/aromatic N) is 5. The van der Waals surface area contributed by atoms with Crippen LogP contribution in [-0.2, 0) is 24.9 Å². The number of aryl methyl sites for hydroxylation is 2. The fraction of sp³-hybridized carbons (Fsp3) is 0.348. The first kappa shape index (κ1) is 19.6. The van der Waals surface area contributed by atoms with Crippen molar-refractivity contribution in [2.24, 2.45) is 7.05 Å². The van der Waals surface area contributed by atoms with Crippen LogP contribution in [0.15, 0.2) is 52.2 Å². The summed E-state index contributed by atoms with van der Waals surface area (Å²) in [5.74, 6) is 0.660. The van der Waals surface area contributed by atoms with Gasteiger partial charge in [0.15, 0.2) is 11.2 Å². The number of allylic oxidation sites excluding steroid dienone is 1. The van der Waals surface area contributed by atoms with Gasteiger partial charge in [0, 0.05) is 32.1 Å². The van der Waals surface area contributed by atoms with Gasteiger partial charge in [0.25, 0.3) is 5.56 Å². The zero-order chi connectivity index (χ0) is 21.5. The summed E-state index contributed by atoms with van der Waals surface area (Å²) in [6, 6.07) is 9.79. The Labute approximate surface area is 178 Å². The van der Waals surface area contributed by atoms with E-state index < -0.39 is 0 Å². The van der Waals surface area contributed by atoms with E-state index in [-0.39, 0.29) is 23.9 Å². The summed E-state index contributed by atoms with van der Waals surface area (Å²) in [5.41, 5.74) is 2.12. The summed E-state index contributed by atoms with van der Waals surface area (Å²) in [7, 11) is 1.66. The minimum atomic E-state index is -0.377. The lowest BCUT2D eigenvalue weighted by Crippen LogP contribution is -2.39. The Bertz CT molecular complexity index is 1400. The lowest BCUT2D eigenvalue weighted by Gasteiger charge is -2.11. The topological polar surface area (TPSA) is 75.5 Å². The van der Waals surface area contributed by atoms with E-state index in [1.807, 2.05) is 55.6 Å². The second-order valence-electron chi connectivity index (χ2n) is 8.04. The molecule has 4 aromatic rings.